The molecule has 0 bridgehead atoms. The van der Waals surface area contributed by atoms with Crippen molar-refractivity contribution in [3.05, 3.63) is 53.1 Å². The Bertz CT molecular complexity index is 708. The first-order valence-corrected chi connectivity index (χ1v) is 6.44. The maximum Gasteiger partial charge on any atom is 0.323 e. The molecule has 2 aromatic carbocycles. The zero-order valence-electron chi connectivity index (χ0n) is 11.9. The summed E-state index contributed by atoms with van der Waals surface area (Å²) in [5.74, 6) is 0. The molecule has 0 saturated carbocycles. The van der Waals surface area contributed by atoms with Crippen LogP contribution in [0.5, 0.6) is 0 Å². The molecule has 0 atom stereocenters. The van der Waals surface area contributed by atoms with Crippen LogP contribution in [-0.4, -0.2) is 6.03 Å². The van der Waals surface area contributed by atoms with Crippen LogP contribution in [0.1, 0.15) is 16.7 Å². The van der Waals surface area contributed by atoms with Gasteiger partial charge in [-0.2, -0.15) is 5.26 Å². The molecule has 0 radical (unpaired) electrons. The topological polar surface area (TPSA) is 90.9 Å². The van der Waals surface area contributed by atoms with E-state index in [1.807, 2.05) is 19.9 Å². The summed E-state index contributed by atoms with van der Waals surface area (Å²) in [7, 11) is 0. The number of nitriles is 1. The molecule has 4 N–H and O–H groups in total. The second kappa shape index (κ2) is 5.97. The average Bonchev–Trinajstić information content (AvgIpc) is 2.43. The van der Waals surface area contributed by atoms with Crippen LogP contribution in [-0.2, 0) is 0 Å². The fraction of sp³-hybridized carbons (Fsp3) is 0.125. The van der Waals surface area contributed by atoms with Gasteiger partial charge in [0.1, 0.15) is 0 Å². The molecule has 21 heavy (non-hydrogen) atoms. The number of anilines is 3. The Kier molecular flexibility index (Phi) is 4.10. The minimum absolute atomic E-state index is 0.360. The van der Waals surface area contributed by atoms with E-state index in [0.717, 1.165) is 16.8 Å². The molecule has 0 aliphatic carbocycles. The highest BCUT2D eigenvalue weighted by Crippen LogP contribution is 2.23. The van der Waals surface area contributed by atoms with Crippen molar-refractivity contribution in [2.75, 3.05) is 16.4 Å². The molecule has 5 heteroatoms. The summed E-state index contributed by atoms with van der Waals surface area (Å²) < 4.78 is 0. The predicted octanol–water partition coefficient (Wildman–Crippen LogP) is 3.40. The molecule has 2 rings (SSSR count). The number of nitrogens with zero attached hydrogens (tertiary/aromatic N) is 1. The van der Waals surface area contributed by atoms with Crippen LogP contribution in [0.25, 0.3) is 0 Å². The van der Waals surface area contributed by atoms with Crippen molar-refractivity contribution in [2.24, 2.45) is 0 Å². The minimum Gasteiger partial charge on any atom is -0.399 e. The Morgan fingerprint density at radius 2 is 1.81 bits per heavy atom. The van der Waals surface area contributed by atoms with Gasteiger partial charge in [-0.25, -0.2) is 4.79 Å². The SMILES string of the molecule is Cc1cc(N)cc(C)c1NC(=O)Nc1cccc(C#N)c1. The van der Waals surface area contributed by atoms with Gasteiger partial charge in [0.2, 0.25) is 0 Å². The lowest BCUT2D eigenvalue weighted by atomic mass is 10.1. The van der Waals surface area contributed by atoms with Gasteiger partial charge in [0.05, 0.1) is 11.6 Å². The molecule has 0 heterocycles. The molecule has 106 valence electrons. The summed E-state index contributed by atoms with van der Waals surface area (Å²) in [6, 6.07) is 12.0. The van der Waals surface area contributed by atoms with Crippen molar-refractivity contribution < 1.29 is 4.79 Å². The number of benzene rings is 2. The first-order chi connectivity index (χ1) is 9.99. The van der Waals surface area contributed by atoms with Gasteiger partial charge in [0.25, 0.3) is 0 Å². The Balaban J connectivity index is 2.14. The van der Waals surface area contributed by atoms with Crippen LogP contribution in [0.4, 0.5) is 21.9 Å². The number of rotatable bonds is 2. The normalized spacial score (nSPS) is 9.76. The number of carbonyl (C=O) groups is 1. The van der Waals surface area contributed by atoms with Crippen LogP contribution in [0.2, 0.25) is 0 Å². The molecule has 0 unspecified atom stereocenters. The highest BCUT2D eigenvalue weighted by atomic mass is 16.2. The molecule has 0 saturated heterocycles. The summed E-state index contributed by atoms with van der Waals surface area (Å²) in [6.45, 7) is 3.77. The molecule has 0 aliphatic heterocycles. The molecular weight excluding hydrogens is 264 g/mol. The van der Waals surface area contributed by atoms with Gasteiger partial charge in [-0.1, -0.05) is 6.07 Å². The zero-order valence-corrected chi connectivity index (χ0v) is 11.9. The third-order valence-electron chi connectivity index (χ3n) is 3.04. The van der Waals surface area contributed by atoms with Crippen molar-refractivity contribution in [3.63, 3.8) is 0 Å². The van der Waals surface area contributed by atoms with Crippen molar-refractivity contribution >= 4 is 23.1 Å². The van der Waals surface area contributed by atoms with Crippen molar-refractivity contribution in [2.45, 2.75) is 13.8 Å². The van der Waals surface area contributed by atoms with Crippen molar-refractivity contribution in [3.8, 4) is 6.07 Å². The number of hydrogen-bond acceptors (Lipinski definition) is 3. The van der Waals surface area contributed by atoms with Crippen LogP contribution in [0.15, 0.2) is 36.4 Å². The van der Waals surface area contributed by atoms with E-state index < -0.39 is 0 Å². The minimum atomic E-state index is -0.360. The lowest BCUT2D eigenvalue weighted by molar-refractivity contribution is 0.262. The fourth-order valence-electron chi connectivity index (χ4n) is 2.14. The number of nitrogens with one attached hydrogen (secondary N) is 2. The highest BCUT2D eigenvalue weighted by Gasteiger charge is 2.08. The maximum atomic E-state index is 12.0. The summed E-state index contributed by atoms with van der Waals surface area (Å²) >= 11 is 0. The van der Waals surface area contributed by atoms with E-state index in [1.54, 1.807) is 36.4 Å². The highest BCUT2D eigenvalue weighted by molar-refractivity contribution is 6.01. The third kappa shape index (κ3) is 3.51. The van der Waals surface area contributed by atoms with Crippen LogP contribution in [0, 0.1) is 25.2 Å². The Labute approximate surface area is 123 Å². The first kappa shape index (κ1) is 14.4. The zero-order chi connectivity index (χ0) is 15.4. The number of urea groups is 1. The molecule has 0 aromatic heterocycles. The van der Waals surface area contributed by atoms with Gasteiger partial charge < -0.3 is 16.4 Å². The maximum absolute atomic E-state index is 12.0. The van der Waals surface area contributed by atoms with E-state index in [9.17, 15) is 4.79 Å². The Morgan fingerprint density at radius 1 is 1.14 bits per heavy atom. The van der Waals surface area contributed by atoms with Crippen LogP contribution < -0.4 is 16.4 Å². The van der Waals surface area contributed by atoms with Gasteiger partial charge in [0.15, 0.2) is 0 Å². The molecule has 2 amide bonds. The molecular formula is C16H16N4O. The number of hydrogen-bond donors (Lipinski definition) is 3. The van der Waals surface area contributed by atoms with E-state index in [-0.39, 0.29) is 6.03 Å². The van der Waals surface area contributed by atoms with Gasteiger partial charge in [-0.3, -0.25) is 0 Å². The fourth-order valence-corrected chi connectivity index (χ4v) is 2.14. The van der Waals surface area contributed by atoms with Gasteiger partial charge in [0, 0.05) is 17.1 Å². The Morgan fingerprint density at radius 3 is 2.43 bits per heavy atom. The third-order valence-corrected chi connectivity index (χ3v) is 3.04. The number of carbonyl (C=O) groups excluding carboxylic acids is 1. The van der Waals surface area contributed by atoms with Crippen LogP contribution >= 0.6 is 0 Å². The quantitative estimate of drug-likeness (QED) is 0.736. The largest absolute Gasteiger partial charge is 0.399 e. The summed E-state index contributed by atoms with van der Waals surface area (Å²) in [4.78, 5) is 12.0. The molecule has 0 spiro atoms. The average molecular weight is 280 g/mol. The number of nitrogens with two attached hydrogens (primary N) is 1. The van der Waals surface area contributed by atoms with E-state index in [0.29, 0.717) is 16.9 Å². The van der Waals surface area contributed by atoms with Crippen molar-refractivity contribution in [1.29, 1.82) is 5.26 Å². The molecule has 0 fully saturated rings. The first-order valence-electron chi connectivity index (χ1n) is 6.44. The summed E-state index contributed by atoms with van der Waals surface area (Å²) in [6.07, 6.45) is 0. The van der Waals surface area contributed by atoms with Crippen LogP contribution in [0.3, 0.4) is 0 Å². The van der Waals surface area contributed by atoms with E-state index >= 15 is 0 Å². The monoisotopic (exact) mass is 280 g/mol. The van der Waals surface area contributed by atoms with Crippen molar-refractivity contribution in [1.82, 2.24) is 0 Å². The Hall–Kier alpha value is -3.00. The standard InChI is InChI=1S/C16H16N4O/c1-10-6-13(18)7-11(2)15(10)20-16(21)19-14-5-3-4-12(8-14)9-17/h3-8H,18H2,1-2H3,(H2,19,20,21). The van der Waals surface area contributed by atoms with Gasteiger partial charge in [-0.05, 0) is 55.3 Å². The number of amides is 2. The number of aryl methyl sites for hydroxylation is 2. The lowest BCUT2D eigenvalue weighted by Gasteiger charge is -2.13. The van der Waals surface area contributed by atoms with E-state index in [2.05, 4.69) is 10.6 Å². The molecule has 2 aromatic rings. The van der Waals surface area contributed by atoms with Gasteiger partial charge in [-0.15, -0.1) is 0 Å². The smallest absolute Gasteiger partial charge is 0.323 e. The van der Waals surface area contributed by atoms with E-state index in [1.165, 1.54) is 0 Å². The van der Waals surface area contributed by atoms with E-state index in [4.69, 9.17) is 11.0 Å². The van der Waals surface area contributed by atoms with Gasteiger partial charge >= 0.3 is 6.03 Å². The lowest BCUT2D eigenvalue weighted by Crippen LogP contribution is -2.20. The summed E-state index contributed by atoms with van der Waals surface area (Å²) in [5.41, 5.74) is 10.0. The summed E-state index contributed by atoms with van der Waals surface area (Å²) in [5, 5.41) is 14.3. The second-order valence-electron chi connectivity index (χ2n) is 4.80. The molecule has 0 aliphatic rings. The number of nitrogen functional groups attached to an aromatic ring is 1. The molecule has 5 nitrogen and oxygen atoms in total. The second-order valence-corrected chi connectivity index (χ2v) is 4.80. The predicted molar refractivity (Wildman–Crippen MR) is 84.1 cm³/mol.